The first-order valence-electron chi connectivity index (χ1n) is 11.1. The second-order valence-electron chi connectivity index (χ2n) is 9.00. The van der Waals surface area contributed by atoms with E-state index in [9.17, 15) is 9.59 Å². The van der Waals surface area contributed by atoms with Crippen LogP contribution in [0.25, 0.3) is 0 Å². The number of nitrogens with zero attached hydrogens (tertiary/aromatic N) is 4. The van der Waals surface area contributed by atoms with E-state index in [-0.39, 0.29) is 18.4 Å². The van der Waals surface area contributed by atoms with Gasteiger partial charge in [-0.2, -0.15) is 0 Å². The van der Waals surface area contributed by atoms with Crippen LogP contribution in [0.5, 0.6) is 0 Å². The topological polar surface area (TPSA) is 69.9 Å². The normalized spacial score (nSPS) is 28.2. The molecule has 7 nitrogen and oxygen atoms in total. The van der Waals surface area contributed by atoms with Crippen LogP contribution in [0.3, 0.4) is 0 Å². The van der Waals surface area contributed by atoms with Gasteiger partial charge in [0.25, 0.3) is 5.91 Å². The van der Waals surface area contributed by atoms with E-state index in [1.165, 1.54) is 11.8 Å². The molecule has 0 radical (unpaired) electrons. The number of hydrogen-bond donors (Lipinski definition) is 0. The van der Waals surface area contributed by atoms with E-state index in [1.54, 1.807) is 41.4 Å². The zero-order valence-electron chi connectivity index (χ0n) is 19.0. The van der Waals surface area contributed by atoms with Crippen LogP contribution in [0.1, 0.15) is 22.9 Å². The molecule has 1 aromatic carbocycles. The van der Waals surface area contributed by atoms with Crippen LogP contribution in [-0.4, -0.2) is 56.3 Å². The van der Waals surface area contributed by atoms with Gasteiger partial charge in [-0.05, 0) is 49.5 Å². The Balaban J connectivity index is 1.62. The molecule has 0 N–H and O–H groups in total. The first-order chi connectivity index (χ1) is 16.8. The van der Waals surface area contributed by atoms with Gasteiger partial charge >= 0.3 is 0 Å². The monoisotopic (exact) mass is 524 g/mol. The summed E-state index contributed by atoms with van der Waals surface area (Å²) in [5, 5.41) is 0.501. The van der Waals surface area contributed by atoms with Crippen molar-refractivity contribution in [2.24, 2.45) is 0 Å². The zero-order chi connectivity index (χ0) is 24.5. The lowest BCUT2D eigenvalue weighted by molar-refractivity contribution is -0.139. The molecule has 2 aromatic heterocycles. The number of anilines is 1. The van der Waals surface area contributed by atoms with Crippen molar-refractivity contribution in [1.29, 1.82) is 0 Å². The highest BCUT2D eigenvalue weighted by Gasteiger charge is 2.78. The summed E-state index contributed by atoms with van der Waals surface area (Å²) in [4.78, 5) is 38.7. The fourth-order valence-corrected chi connectivity index (χ4v) is 8.19. The quantitative estimate of drug-likeness (QED) is 0.479. The molecule has 0 aliphatic carbocycles. The Hall–Kier alpha value is -2.72. The molecule has 3 aliphatic rings. The summed E-state index contributed by atoms with van der Waals surface area (Å²) in [5.74, 6) is -0.183. The molecule has 3 aliphatic heterocycles. The van der Waals surface area contributed by atoms with Crippen molar-refractivity contribution < 1.29 is 14.0 Å². The maximum atomic E-state index is 14.6. The molecular formula is C25H21ClN4O3S2. The summed E-state index contributed by atoms with van der Waals surface area (Å²) in [6.07, 6.45) is 3.28. The fourth-order valence-electron chi connectivity index (χ4n) is 5.91. The molecule has 6 rings (SSSR count). The van der Waals surface area contributed by atoms with Crippen LogP contribution < -0.4 is 4.90 Å². The minimum absolute atomic E-state index is 0.181. The van der Waals surface area contributed by atoms with E-state index < -0.39 is 16.2 Å². The maximum absolute atomic E-state index is 14.6. The van der Waals surface area contributed by atoms with Gasteiger partial charge in [0.05, 0.1) is 12.8 Å². The lowest BCUT2D eigenvalue weighted by atomic mass is 9.73. The first-order valence-corrected chi connectivity index (χ1v) is 12.7. The Morgan fingerprint density at radius 1 is 1.17 bits per heavy atom. The molecule has 3 atom stereocenters. The van der Waals surface area contributed by atoms with Crippen molar-refractivity contribution in [2.45, 2.75) is 22.7 Å². The van der Waals surface area contributed by atoms with E-state index in [0.717, 1.165) is 11.4 Å². The molecule has 5 heterocycles. The smallest absolute Gasteiger partial charge is 0.254 e. The van der Waals surface area contributed by atoms with Crippen molar-refractivity contribution in [3.8, 4) is 0 Å². The second-order valence-corrected chi connectivity index (χ2v) is 11.3. The second kappa shape index (κ2) is 7.89. The summed E-state index contributed by atoms with van der Waals surface area (Å²) in [7, 11) is 3.63. The molecule has 0 saturated carbocycles. The predicted octanol–water partition coefficient (Wildman–Crippen LogP) is 4.03. The standard InChI is InChI=1S/C25H21ClN4O3S2/c1-28-14-18(19-7-3-4-10-27-19)25(22(32)30(23(34)35-25)13-16-6-5-11-33-16)24(28)17-12-15(26)8-9-20(17)29(2)21(24)31/h3-12,18H,13-14H2,1-2H3. The third-order valence-corrected chi connectivity index (χ3v) is 9.53. The molecule has 2 amide bonds. The summed E-state index contributed by atoms with van der Waals surface area (Å²) in [5.41, 5.74) is 0.872. The van der Waals surface area contributed by atoms with E-state index in [2.05, 4.69) is 4.98 Å². The molecule has 2 saturated heterocycles. The zero-order valence-corrected chi connectivity index (χ0v) is 21.4. The van der Waals surface area contributed by atoms with Crippen LogP contribution in [0.2, 0.25) is 5.02 Å². The SMILES string of the molecule is CN1C(=O)C2(c3cc(Cl)ccc31)N(C)CC(c1ccccn1)C21SC(=S)N(Cc2ccco2)C1=O. The summed E-state index contributed by atoms with van der Waals surface area (Å²) in [6, 6.07) is 14.6. The summed E-state index contributed by atoms with van der Waals surface area (Å²) in [6.45, 7) is 0.638. The van der Waals surface area contributed by atoms with Gasteiger partial charge in [-0.1, -0.05) is 41.6 Å². The Morgan fingerprint density at radius 3 is 2.71 bits per heavy atom. The lowest BCUT2D eigenvalue weighted by Gasteiger charge is -2.42. The Labute approximate surface area is 217 Å². The Bertz CT molecular complexity index is 1370. The van der Waals surface area contributed by atoms with Gasteiger partial charge in [-0.15, -0.1) is 0 Å². The Morgan fingerprint density at radius 2 is 2.00 bits per heavy atom. The predicted molar refractivity (Wildman–Crippen MR) is 138 cm³/mol. The minimum atomic E-state index is -1.31. The number of carbonyl (C=O) groups excluding carboxylic acids is 2. The highest BCUT2D eigenvalue weighted by Crippen LogP contribution is 2.66. The lowest BCUT2D eigenvalue weighted by Crippen LogP contribution is -2.62. The van der Waals surface area contributed by atoms with Crippen LogP contribution in [-0.2, 0) is 21.7 Å². The third kappa shape index (κ3) is 2.83. The van der Waals surface area contributed by atoms with Gasteiger partial charge in [-0.3, -0.25) is 24.4 Å². The maximum Gasteiger partial charge on any atom is 0.254 e. The van der Waals surface area contributed by atoms with E-state index in [0.29, 0.717) is 27.2 Å². The number of benzene rings is 1. The molecule has 2 spiro atoms. The first kappa shape index (κ1) is 22.7. The number of thiocarbonyl (C=S) groups is 1. The van der Waals surface area contributed by atoms with Crippen molar-refractivity contribution in [3.63, 3.8) is 0 Å². The van der Waals surface area contributed by atoms with E-state index >= 15 is 0 Å². The van der Waals surface area contributed by atoms with Crippen LogP contribution in [0.15, 0.2) is 65.4 Å². The summed E-state index contributed by atoms with van der Waals surface area (Å²) >= 11 is 13.5. The number of aromatic nitrogens is 1. The number of amides is 2. The number of likely N-dealkylation sites (N-methyl/N-ethyl adjacent to an activating group) is 2. The molecule has 0 bridgehead atoms. The highest BCUT2D eigenvalue weighted by molar-refractivity contribution is 8.25. The van der Waals surface area contributed by atoms with Gasteiger partial charge in [0.1, 0.15) is 14.8 Å². The van der Waals surface area contributed by atoms with Gasteiger partial charge in [0, 0.05) is 47.7 Å². The van der Waals surface area contributed by atoms with Gasteiger partial charge < -0.3 is 9.32 Å². The van der Waals surface area contributed by atoms with Crippen molar-refractivity contribution in [1.82, 2.24) is 14.8 Å². The van der Waals surface area contributed by atoms with Crippen molar-refractivity contribution >= 4 is 57.4 Å². The number of pyridine rings is 1. The number of thioether (sulfide) groups is 1. The van der Waals surface area contributed by atoms with E-state index in [1.807, 2.05) is 48.3 Å². The molecule has 35 heavy (non-hydrogen) atoms. The van der Waals surface area contributed by atoms with E-state index in [4.69, 9.17) is 28.2 Å². The van der Waals surface area contributed by atoms with Crippen LogP contribution in [0, 0.1) is 0 Å². The van der Waals surface area contributed by atoms with Crippen LogP contribution in [0.4, 0.5) is 5.69 Å². The third-order valence-electron chi connectivity index (χ3n) is 7.35. The van der Waals surface area contributed by atoms with Crippen molar-refractivity contribution in [2.75, 3.05) is 25.5 Å². The van der Waals surface area contributed by atoms with Gasteiger partial charge in [0.2, 0.25) is 5.91 Å². The number of rotatable bonds is 3. The average molecular weight is 525 g/mol. The molecule has 10 heteroatoms. The fraction of sp³-hybridized carbons (Fsp3) is 0.280. The molecule has 3 aromatic rings. The largest absolute Gasteiger partial charge is 0.467 e. The Kier molecular flexibility index (Phi) is 5.12. The molecule has 3 unspecified atom stereocenters. The number of likely N-dealkylation sites (tertiary alicyclic amines) is 1. The molecular weight excluding hydrogens is 504 g/mol. The number of fused-ring (bicyclic) bond motifs is 3. The number of hydrogen-bond acceptors (Lipinski definition) is 7. The number of carbonyl (C=O) groups is 2. The average Bonchev–Trinajstić information content (AvgIpc) is 3.57. The number of furan rings is 1. The minimum Gasteiger partial charge on any atom is -0.467 e. The van der Waals surface area contributed by atoms with Crippen molar-refractivity contribution in [3.05, 3.63) is 83.0 Å². The summed E-state index contributed by atoms with van der Waals surface area (Å²) < 4.78 is 4.66. The van der Waals surface area contributed by atoms with Crippen LogP contribution >= 0.6 is 35.6 Å². The van der Waals surface area contributed by atoms with Gasteiger partial charge in [0.15, 0.2) is 5.54 Å². The highest BCUT2D eigenvalue weighted by atomic mass is 35.5. The molecule has 2 fully saturated rings. The molecule has 178 valence electrons. The number of halogens is 1. The van der Waals surface area contributed by atoms with Gasteiger partial charge in [-0.25, -0.2) is 0 Å².